The average Bonchev–Trinajstić information content (AvgIpc) is 3.11. The van der Waals surface area contributed by atoms with Gasteiger partial charge in [-0.1, -0.05) is 12.1 Å². The molecular formula is C20H35IN4O3S. The second-order valence-corrected chi connectivity index (χ2v) is 9.15. The molecule has 0 spiro atoms. The molecule has 1 atom stereocenters. The molecule has 0 radical (unpaired) electrons. The van der Waals surface area contributed by atoms with Gasteiger partial charge in [-0.3, -0.25) is 9.89 Å². The SMILES string of the molecule is CCNC(=NCC1CCCN1CCOC)NCCc1ccc(S(C)(=O)=O)cc1.I. The van der Waals surface area contributed by atoms with Crippen LogP contribution in [-0.4, -0.2) is 78.0 Å². The van der Waals surface area contributed by atoms with Crippen molar-refractivity contribution in [3.8, 4) is 0 Å². The lowest BCUT2D eigenvalue weighted by Gasteiger charge is -2.23. The standard InChI is InChI=1S/C20H34N4O3S.HI/c1-4-21-20(23-16-18-6-5-13-24(18)14-15-27-2)22-12-11-17-7-9-19(10-8-17)28(3,25)26;/h7-10,18H,4-6,11-16H2,1-3H3,(H2,21,22,23);1H. The Bertz CT molecular complexity index is 726. The fourth-order valence-corrected chi connectivity index (χ4v) is 4.00. The molecule has 0 aliphatic carbocycles. The second kappa shape index (κ2) is 13.4. The van der Waals surface area contributed by atoms with Gasteiger partial charge in [0.15, 0.2) is 15.8 Å². The number of halogens is 1. The highest BCUT2D eigenvalue weighted by Crippen LogP contribution is 2.16. The maximum Gasteiger partial charge on any atom is 0.191 e. The minimum atomic E-state index is -3.14. The Labute approximate surface area is 192 Å². The monoisotopic (exact) mass is 538 g/mol. The van der Waals surface area contributed by atoms with E-state index >= 15 is 0 Å². The van der Waals surface area contributed by atoms with Gasteiger partial charge in [-0.05, 0) is 50.4 Å². The third-order valence-electron chi connectivity index (χ3n) is 4.94. The average molecular weight is 538 g/mol. The van der Waals surface area contributed by atoms with Crippen LogP contribution in [0.5, 0.6) is 0 Å². The first-order valence-electron chi connectivity index (χ1n) is 9.98. The molecule has 1 fully saturated rings. The molecule has 0 saturated carbocycles. The summed E-state index contributed by atoms with van der Waals surface area (Å²) >= 11 is 0. The molecule has 1 aliphatic rings. The Kier molecular flexibility index (Phi) is 12.1. The molecule has 1 aromatic carbocycles. The number of aliphatic imine (C=N–C) groups is 1. The summed E-state index contributed by atoms with van der Waals surface area (Å²) in [5, 5.41) is 6.67. The summed E-state index contributed by atoms with van der Waals surface area (Å²) in [6.45, 7) is 7.23. The Morgan fingerprint density at radius 1 is 1.28 bits per heavy atom. The minimum absolute atomic E-state index is 0. The van der Waals surface area contributed by atoms with Crippen LogP contribution >= 0.6 is 24.0 Å². The topological polar surface area (TPSA) is 83.0 Å². The van der Waals surface area contributed by atoms with E-state index < -0.39 is 9.84 Å². The van der Waals surface area contributed by atoms with Crippen molar-refractivity contribution in [2.24, 2.45) is 4.99 Å². The van der Waals surface area contributed by atoms with E-state index in [2.05, 4.69) is 22.5 Å². The Hall–Kier alpha value is -0.910. The van der Waals surface area contributed by atoms with Gasteiger partial charge in [0.1, 0.15) is 0 Å². The van der Waals surface area contributed by atoms with E-state index in [1.165, 1.54) is 19.1 Å². The number of ether oxygens (including phenoxy) is 1. The van der Waals surface area contributed by atoms with E-state index in [4.69, 9.17) is 9.73 Å². The summed E-state index contributed by atoms with van der Waals surface area (Å²) in [7, 11) is -1.40. The predicted molar refractivity (Wildman–Crippen MR) is 129 cm³/mol. The third kappa shape index (κ3) is 9.18. The molecule has 1 aliphatic heterocycles. The maximum atomic E-state index is 11.5. The van der Waals surface area contributed by atoms with Gasteiger partial charge >= 0.3 is 0 Å². The molecule has 1 heterocycles. The van der Waals surface area contributed by atoms with Crippen LogP contribution in [-0.2, 0) is 21.0 Å². The van der Waals surface area contributed by atoms with E-state index in [1.54, 1.807) is 19.2 Å². The van der Waals surface area contributed by atoms with Gasteiger partial charge in [-0.25, -0.2) is 8.42 Å². The highest BCUT2D eigenvalue weighted by molar-refractivity contribution is 14.0. The van der Waals surface area contributed by atoms with Gasteiger partial charge in [0, 0.05) is 39.0 Å². The molecule has 0 bridgehead atoms. The van der Waals surface area contributed by atoms with Gasteiger partial charge in [0.05, 0.1) is 18.0 Å². The zero-order chi connectivity index (χ0) is 20.4. The van der Waals surface area contributed by atoms with E-state index in [-0.39, 0.29) is 24.0 Å². The highest BCUT2D eigenvalue weighted by Gasteiger charge is 2.23. The van der Waals surface area contributed by atoms with Crippen molar-refractivity contribution in [1.82, 2.24) is 15.5 Å². The van der Waals surface area contributed by atoms with Gasteiger partial charge in [-0.15, -0.1) is 24.0 Å². The van der Waals surface area contributed by atoms with Crippen LogP contribution in [0, 0.1) is 0 Å². The van der Waals surface area contributed by atoms with Crippen LogP contribution in [0.3, 0.4) is 0 Å². The molecule has 9 heteroatoms. The van der Waals surface area contributed by atoms with Gasteiger partial charge in [-0.2, -0.15) is 0 Å². The van der Waals surface area contributed by atoms with Crippen LogP contribution in [0.25, 0.3) is 0 Å². The predicted octanol–water partition coefficient (Wildman–Crippen LogP) is 1.92. The molecule has 29 heavy (non-hydrogen) atoms. The minimum Gasteiger partial charge on any atom is -0.383 e. The number of hydrogen-bond acceptors (Lipinski definition) is 5. The second-order valence-electron chi connectivity index (χ2n) is 7.14. The highest BCUT2D eigenvalue weighted by atomic mass is 127. The van der Waals surface area contributed by atoms with Crippen molar-refractivity contribution in [1.29, 1.82) is 0 Å². The largest absolute Gasteiger partial charge is 0.383 e. The first kappa shape index (κ1) is 26.1. The summed E-state index contributed by atoms with van der Waals surface area (Å²) in [6, 6.07) is 7.55. The molecule has 1 unspecified atom stereocenters. The molecule has 1 saturated heterocycles. The number of likely N-dealkylation sites (tertiary alicyclic amines) is 1. The maximum absolute atomic E-state index is 11.5. The van der Waals surface area contributed by atoms with E-state index in [9.17, 15) is 8.42 Å². The number of rotatable bonds is 10. The smallest absolute Gasteiger partial charge is 0.191 e. The van der Waals surface area contributed by atoms with Crippen molar-refractivity contribution in [2.45, 2.75) is 37.1 Å². The van der Waals surface area contributed by atoms with E-state index in [0.717, 1.165) is 57.3 Å². The molecule has 2 N–H and O–H groups in total. The summed E-state index contributed by atoms with van der Waals surface area (Å²) in [6.07, 6.45) is 4.43. The van der Waals surface area contributed by atoms with Crippen LogP contribution in [0.15, 0.2) is 34.2 Å². The number of hydrogen-bond donors (Lipinski definition) is 2. The van der Waals surface area contributed by atoms with E-state index in [1.807, 2.05) is 12.1 Å². The quantitative estimate of drug-likeness (QED) is 0.269. The van der Waals surface area contributed by atoms with Crippen molar-refractivity contribution >= 4 is 39.8 Å². The molecule has 0 amide bonds. The van der Waals surface area contributed by atoms with Crippen molar-refractivity contribution in [2.75, 3.05) is 52.7 Å². The van der Waals surface area contributed by atoms with Crippen molar-refractivity contribution in [3.63, 3.8) is 0 Å². The summed E-state index contributed by atoms with van der Waals surface area (Å²) in [5.74, 6) is 0.828. The lowest BCUT2D eigenvalue weighted by Crippen LogP contribution is -2.40. The lowest BCUT2D eigenvalue weighted by atomic mass is 10.1. The number of sulfone groups is 1. The number of nitrogens with one attached hydrogen (secondary N) is 2. The number of methoxy groups -OCH3 is 1. The van der Waals surface area contributed by atoms with Gasteiger partial charge < -0.3 is 15.4 Å². The van der Waals surface area contributed by atoms with Crippen molar-refractivity contribution in [3.05, 3.63) is 29.8 Å². The fraction of sp³-hybridized carbons (Fsp3) is 0.650. The molecule has 1 aromatic rings. The van der Waals surface area contributed by atoms with Gasteiger partial charge in [0.2, 0.25) is 0 Å². The number of benzene rings is 1. The third-order valence-corrected chi connectivity index (χ3v) is 6.07. The summed E-state index contributed by atoms with van der Waals surface area (Å²) < 4.78 is 28.3. The first-order chi connectivity index (χ1) is 13.4. The normalized spacial score (nSPS) is 17.8. The van der Waals surface area contributed by atoms with Crippen LogP contribution in [0.4, 0.5) is 0 Å². The lowest BCUT2D eigenvalue weighted by molar-refractivity contribution is 0.142. The fourth-order valence-electron chi connectivity index (χ4n) is 3.37. The van der Waals surface area contributed by atoms with Crippen LogP contribution in [0.2, 0.25) is 0 Å². The molecule has 7 nitrogen and oxygen atoms in total. The van der Waals surface area contributed by atoms with E-state index in [0.29, 0.717) is 10.9 Å². The Morgan fingerprint density at radius 2 is 2.00 bits per heavy atom. The van der Waals surface area contributed by atoms with Crippen molar-refractivity contribution < 1.29 is 13.2 Å². The molecule has 2 rings (SSSR count). The zero-order valence-electron chi connectivity index (χ0n) is 17.7. The number of nitrogens with zero attached hydrogens (tertiary/aromatic N) is 2. The number of guanidine groups is 1. The Balaban J connectivity index is 0.00000420. The first-order valence-corrected chi connectivity index (χ1v) is 11.9. The molecule has 0 aromatic heterocycles. The van der Waals surface area contributed by atoms with Crippen LogP contribution < -0.4 is 10.6 Å². The van der Waals surface area contributed by atoms with Crippen LogP contribution in [0.1, 0.15) is 25.3 Å². The molecule has 166 valence electrons. The molecular weight excluding hydrogens is 503 g/mol. The van der Waals surface area contributed by atoms with Gasteiger partial charge in [0.25, 0.3) is 0 Å². The zero-order valence-corrected chi connectivity index (χ0v) is 20.8. The Morgan fingerprint density at radius 3 is 2.62 bits per heavy atom. The summed E-state index contributed by atoms with van der Waals surface area (Å²) in [5.41, 5.74) is 1.09. The summed E-state index contributed by atoms with van der Waals surface area (Å²) in [4.78, 5) is 7.58.